The number of nitrogens with zero attached hydrogens (tertiary/aromatic N) is 1. The Labute approximate surface area is 94.0 Å². The van der Waals surface area contributed by atoms with Crippen molar-refractivity contribution in [2.24, 2.45) is 5.73 Å². The quantitative estimate of drug-likeness (QED) is 0.681. The molecule has 0 aromatic rings. The number of carbonyl (C=O) groups is 2. The Balaban J connectivity index is 2.03. The van der Waals surface area contributed by atoms with Crippen molar-refractivity contribution in [2.75, 3.05) is 13.1 Å². The molecule has 2 rings (SSSR count). The molecule has 0 aromatic carbocycles. The van der Waals surface area contributed by atoms with Gasteiger partial charge in [-0.2, -0.15) is 0 Å². The highest BCUT2D eigenvalue weighted by Gasteiger charge is 2.24. The Kier molecular flexibility index (Phi) is 2.94. The topological polar surface area (TPSA) is 75.4 Å². The lowest BCUT2D eigenvalue weighted by Gasteiger charge is -2.19. The number of rotatable bonds is 2. The number of likely N-dealkylation sites (tertiary alicyclic amines) is 1. The van der Waals surface area contributed by atoms with Crippen molar-refractivity contribution >= 4 is 11.8 Å². The second-order valence-electron chi connectivity index (χ2n) is 4.05. The van der Waals surface area contributed by atoms with Gasteiger partial charge in [-0.15, -0.1) is 0 Å². The molecule has 1 fully saturated rings. The van der Waals surface area contributed by atoms with Gasteiger partial charge in [-0.1, -0.05) is 0 Å². The number of hydrogen-bond acceptors (Lipinski definition) is 3. The predicted octanol–water partition coefficient (Wildman–Crippen LogP) is -0.145. The third-order valence-electron chi connectivity index (χ3n) is 2.88. The third-order valence-corrected chi connectivity index (χ3v) is 2.88. The smallest absolute Gasteiger partial charge is 0.251 e. The van der Waals surface area contributed by atoms with Crippen LogP contribution in [-0.4, -0.2) is 29.8 Å². The minimum absolute atomic E-state index is 0.0110. The minimum Gasteiger partial charge on any atom is -0.367 e. The van der Waals surface area contributed by atoms with Crippen LogP contribution in [0.3, 0.4) is 0 Å². The van der Waals surface area contributed by atoms with Gasteiger partial charge < -0.3 is 16.0 Å². The summed E-state index contributed by atoms with van der Waals surface area (Å²) in [6, 6.07) is 0. The number of hydrogen-bond donors (Lipinski definition) is 2. The Morgan fingerprint density at radius 1 is 1.19 bits per heavy atom. The van der Waals surface area contributed by atoms with Crippen LogP contribution < -0.4 is 11.1 Å². The van der Waals surface area contributed by atoms with E-state index in [1.807, 2.05) is 4.90 Å². The molecule has 2 amide bonds. The first kappa shape index (κ1) is 10.7. The largest absolute Gasteiger partial charge is 0.367 e. The molecule has 0 atom stereocenters. The standard InChI is InChI=1S/C11H15N3O2/c12-10(15)8-5-9(7-13-6-8)11(16)14-3-1-2-4-14/h6-7,13H,1-5H2,(H2,12,15). The van der Waals surface area contributed by atoms with Crippen molar-refractivity contribution in [2.45, 2.75) is 19.3 Å². The van der Waals surface area contributed by atoms with E-state index in [4.69, 9.17) is 5.73 Å². The average Bonchev–Trinajstić information content (AvgIpc) is 2.81. The van der Waals surface area contributed by atoms with Crippen LogP contribution in [0.5, 0.6) is 0 Å². The lowest BCUT2D eigenvalue weighted by atomic mass is 10.0. The zero-order valence-electron chi connectivity index (χ0n) is 9.03. The van der Waals surface area contributed by atoms with Gasteiger partial charge in [-0.05, 0) is 12.8 Å². The monoisotopic (exact) mass is 221 g/mol. The predicted molar refractivity (Wildman–Crippen MR) is 58.9 cm³/mol. The zero-order chi connectivity index (χ0) is 11.5. The van der Waals surface area contributed by atoms with Crippen LogP contribution in [0.4, 0.5) is 0 Å². The van der Waals surface area contributed by atoms with Gasteiger partial charge in [0.05, 0.1) is 0 Å². The van der Waals surface area contributed by atoms with Gasteiger partial charge in [0.15, 0.2) is 0 Å². The fraction of sp³-hybridized carbons (Fsp3) is 0.455. The molecular weight excluding hydrogens is 206 g/mol. The maximum atomic E-state index is 12.0. The van der Waals surface area contributed by atoms with E-state index >= 15 is 0 Å². The lowest BCUT2D eigenvalue weighted by Crippen LogP contribution is -2.32. The maximum Gasteiger partial charge on any atom is 0.251 e. The molecule has 0 unspecified atom stereocenters. The highest BCUT2D eigenvalue weighted by atomic mass is 16.2. The number of amides is 2. The second kappa shape index (κ2) is 4.38. The summed E-state index contributed by atoms with van der Waals surface area (Å²) in [5.41, 5.74) is 6.24. The van der Waals surface area contributed by atoms with Crippen LogP contribution >= 0.6 is 0 Å². The number of carbonyl (C=O) groups excluding carboxylic acids is 2. The summed E-state index contributed by atoms with van der Waals surface area (Å²) >= 11 is 0. The molecular formula is C11H15N3O2. The van der Waals surface area contributed by atoms with Crippen molar-refractivity contribution in [3.63, 3.8) is 0 Å². The van der Waals surface area contributed by atoms with Crippen LogP contribution in [0, 0.1) is 0 Å². The molecule has 2 heterocycles. The number of nitrogens with two attached hydrogens (primary N) is 1. The summed E-state index contributed by atoms with van der Waals surface area (Å²) in [6.07, 6.45) is 5.64. The van der Waals surface area contributed by atoms with Gasteiger partial charge >= 0.3 is 0 Å². The van der Waals surface area contributed by atoms with Crippen LogP contribution in [0.15, 0.2) is 23.5 Å². The number of primary amides is 1. The molecule has 5 nitrogen and oxygen atoms in total. The van der Waals surface area contributed by atoms with Gasteiger partial charge in [0.25, 0.3) is 5.91 Å². The van der Waals surface area contributed by atoms with Gasteiger partial charge in [-0.25, -0.2) is 0 Å². The van der Waals surface area contributed by atoms with Crippen molar-refractivity contribution in [1.82, 2.24) is 10.2 Å². The van der Waals surface area contributed by atoms with E-state index in [1.54, 1.807) is 12.4 Å². The average molecular weight is 221 g/mol. The Morgan fingerprint density at radius 2 is 1.81 bits per heavy atom. The fourth-order valence-electron chi connectivity index (χ4n) is 1.97. The van der Waals surface area contributed by atoms with Gasteiger partial charge in [0.2, 0.25) is 5.91 Å². The molecule has 0 bridgehead atoms. The molecule has 5 heteroatoms. The van der Waals surface area contributed by atoms with E-state index in [-0.39, 0.29) is 5.91 Å². The van der Waals surface area contributed by atoms with Crippen molar-refractivity contribution < 1.29 is 9.59 Å². The van der Waals surface area contributed by atoms with E-state index in [1.165, 1.54) is 0 Å². The van der Waals surface area contributed by atoms with E-state index in [9.17, 15) is 9.59 Å². The molecule has 16 heavy (non-hydrogen) atoms. The highest BCUT2D eigenvalue weighted by molar-refractivity contribution is 5.99. The minimum atomic E-state index is -0.479. The summed E-state index contributed by atoms with van der Waals surface area (Å²) in [7, 11) is 0. The van der Waals surface area contributed by atoms with Crippen molar-refractivity contribution in [1.29, 1.82) is 0 Å². The first-order valence-corrected chi connectivity index (χ1v) is 5.41. The summed E-state index contributed by atoms with van der Waals surface area (Å²) in [6.45, 7) is 1.62. The van der Waals surface area contributed by atoms with Gasteiger partial charge in [0, 0.05) is 43.1 Å². The molecule has 2 aliphatic heterocycles. The molecule has 86 valence electrons. The SMILES string of the molecule is NC(=O)C1=CNC=C(C(=O)N2CCCC2)C1. The van der Waals surface area contributed by atoms with Crippen LogP contribution in [0.1, 0.15) is 19.3 Å². The van der Waals surface area contributed by atoms with E-state index in [0.717, 1.165) is 25.9 Å². The van der Waals surface area contributed by atoms with E-state index in [2.05, 4.69) is 5.32 Å². The molecule has 0 saturated carbocycles. The third kappa shape index (κ3) is 2.08. The number of nitrogens with one attached hydrogen (secondary N) is 1. The van der Waals surface area contributed by atoms with E-state index < -0.39 is 5.91 Å². The molecule has 0 aromatic heterocycles. The summed E-state index contributed by atoms with van der Waals surface area (Å²) in [4.78, 5) is 24.8. The van der Waals surface area contributed by atoms with Crippen molar-refractivity contribution in [3.05, 3.63) is 23.5 Å². The highest BCUT2D eigenvalue weighted by Crippen LogP contribution is 2.18. The molecule has 0 radical (unpaired) electrons. The first-order chi connectivity index (χ1) is 7.68. The summed E-state index contributed by atoms with van der Waals surface area (Å²) in [5, 5.41) is 2.80. The normalized spacial score (nSPS) is 19.9. The lowest BCUT2D eigenvalue weighted by molar-refractivity contribution is -0.126. The Morgan fingerprint density at radius 3 is 2.44 bits per heavy atom. The maximum absolute atomic E-state index is 12.0. The van der Waals surface area contributed by atoms with Gasteiger partial charge in [-0.3, -0.25) is 9.59 Å². The molecule has 1 saturated heterocycles. The molecule has 2 aliphatic rings. The van der Waals surface area contributed by atoms with Crippen molar-refractivity contribution in [3.8, 4) is 0 Å². The summed E-state index contributed by atoms with van der Waals surface area (Å²) in [5.74, 6) is -0.468. The van der Waals surface area contributed by atoms with E-state index in [0.29, 0.717) is 17.6 Å². The molecule has 0 spiro atoms. The second-order valence-corrected chi connectivity index (χ2v) is 4.05. The van der Waals surface area contributed by atoms with Crippen LogP contribution in [0.2, 0.25) is 0 Å². The zero-order valence-corrected chi connectivity index (χ0v) is 9.03. The van der Waals surface area contributed by atoms with Crippen LogP contribution in [0.25, 0.3) is 0 Å². The van der Waals surface area contributed by atoms with Gasteiger partial charge in [0.1, 0.15) is 0 Å². The molecule has 0 aliphatic carbocycles. The number of dihydropyridines is 1. The Bertz CT molecular complexity index is 379. The summed E-state index contributed by atoms with van der Waals surface area (Å²) < 4.78 is 0. The van der Waals surface area contributed by atoms with Crippen LogP contribution in [-0.2, 0) is 9.59 Å². The first-order valence-electron chi connectivity index (χ1n) is 5.41. The molecule has 3 N–H and O–H groups in total. The fourth-order valence-corrected chi connectivity index (χ4v) is 1.97. The Hall–Kier alpha value is -1.78.